The molecule has 0 radical (unpaired) electrons. The van der Waals surface area contributed by atoms with Crippen LogP contribution in [0.2, 0.25) is 0 Å². The molecule has 15 heavy (non-hydrogen) atoms. The molecule has 0 bridgehead atoms. The number of hydrogen-bond donors (Lipinski definition) is 0. The minimum absolute atomic E-state index is 0.290. The molecule has 1 nitrogen and oxygen atoms in total. The molecule has 0 saturated heterocycles. The summed E-state index contributed by atoms with van der Waals surface area (Å²) in [6.07, 6.45) is 2.06. The summed E-state index contributed by atoms with van der Waals surface area (Å²) in [4.78, 5) is 4.20. The van der Waals surface area contributed by atoms with Gasteiger partial charge in [0.15, 0.2) is 0 Å². The molecule has 0 spiro atoms. The first-order valence-corrected chi connectivity index (χ1v) is 5.46. The Morgan fingerprint density at radius 1 is 1.33 bits per heavy atom. The van der Waals surface area contributed by atoms with E-state index in [-0.39, 0.29) is 12.2 Å². The van der Waals surface area contributed by atoms with E-state index >= 15 is 0 Å². The predicted octanol–water partition coefficient (Wildman–Crippen LogP) is 3.84. The first kappa shape index (κ1) is 10.1. The van der Waals surface area contributed by atoms with Crippen molar-refractivity contribution >= 4 is 11.3 Å². The highest BCUT2D eigenvalue weighted by atomic mass is 32.1. The molecule has 1 aromatic carbocycles. The zero-order valence-corrected chi connectivity index (χ0v) is 8.93. The largest absolute Gasteiger partial charge is 0.245 e. The molecule has 0 unspecified atom stereocenters. The quantitative estimate of drug-likeness (QED) is 0.764. The van der Waals surface area contributed by atoms with Crippen LogP contribution in [0.25, 0.3) is 10.6 Å². The maximum Gasteiger partial charge on any atom is 0.123 e. The summed E-state index contributed by atoms with van der Waals surface area (Å²) in [6, 6.07) is 7.72. The lowest BCUT2D eigenvalue weighted by molar-refractivity contribution is 0.617. The fourth-order valence-corrected chi connectivity index (χ4v) is 2.00. The minimum atomic E-state index is -0.308. The number of thiazole rings is 1. The highest BCUT2D eigenvalue weighted by Gasteiger charge is 2.00. The first-order chi connectivity index (χ1) is 7.25. The van der Waals surface area contributed by atoms with Gasteiger partial charge in [-0.2, -0.15) is 0 Å². The summed E-state index contributed by atoms with van der Waals surface area (Å²) in [5.41, 5.74) is 2.00. The highest BCUT2D eigenvalue weighted by molar-refractivity contribution is 7.13. The molecular weight excluding hydrogens is 209 g/mol. The average molecular weight is 219 g/mol. The van der Waals surface area contributed by atoms with Crippen molar-refractivity contribution in [3.63, 3.8) is 0 Å². The lowest BCUT2D eigenvalue weighted by atomic mass is 10.1. The number of benzene rings is 1. The van der Waals surface area contributed by atoms with Gasteiger partial charge in [-0.05, 0) is 5.56 Å². The van der Waals surface area contributed by atoms with Crippen LogP contribution in [0, 0.1) is 0 Å². The van der Waals surface area contributed by atoms with Gasteiger partial charge in [0.1, 0.15) is 5.01 Å². The molecule has 1 heterocycles. The van der Waals surface area contributed by atoms with E-state index in [0.29, 0.717) is 0 Å². The van der Waals surface area contributed by atoms with E-state index in [4.69, 9.17) is 0 Å². The summed E-state index contributed by atoms with van der Waals surface area (Å²) < 4.78 is 12.6. The van der Waals surface area contributed by atoms with Crippen molar-refractivity contribution in [1.29, 1.82) is 0 Å². The Labute approximate surface area is 91.9 Å². The van der Waals surface area contributed by atoms with E-state index < -0.39 is 0 Å². The third-order valence-corrected chi connectivity index (χ3v) is 2.85. The number of halogens is 1. The van der Waals surface area contributed by atoms with E-state index in [1.54, 1.807) is 17.5 Å². The average Bonchev–Trinajstić information content (AvgIpc) is 2.71. The van der Waals surface area contributed by atoms with Gasteiger partial charge in [0.2, 0.25) is 0 Å². The van der Waals surface area contributed by atoms with Crippen molar-refractivity contribution in [3.05, 3.63) is 53.8 Å². The molecule has 2 aromatic rings. The van der Waals surface area contributed by atoms with Gasteiger partial charge in [-0.15, -0.1) is 11.3 Å². The van der Waals surface area contributed by atoms with Crippen LogP contribution >= 0.6 is 11.3 Å². The van der Waals surface area contributed by atoms with E-state index in [0.717, 1.165) is 16.1 Å². The molecule has 0 fully saturated rings. The number of hydrogen-bond acceptors (Lipinski definition) is 2. The molecule has 76 valence electrons. The third kappa shape index (κ3) is 2.50. The van der Waals surface area contributed by atoms with Crippen LogP contribution in [0.5, 0.6) is 0 Å². The molecule has 0 saturated carbocycles. The number of allylic oxidation sites excluding steroid dienone is 1. The smallest absolute Gasteiger partial charge is 0.123 e. The van der Waals surface area contributed by atoms with Crippen LogP contribution in [0.4, 0.5) is 4.39 Å². The molecule has 0 atom stereocenters. The summed E-state index contributed by atoms with van der Waals surface area (Å²) in [6.45, 7) is 3.25. The summed E-state index contributed by atoms with van der Waals surface area (Å²) in [5.74, 6) is -0.308. The maximum absolute atomic E-state index is 12.6. The van der Waals surface area contributed by atoms with E-state index in [1.807, 2.05) is 29.6 Å². The standard InChI is InChI=1S/C12H10FNS/c1-9(13)8-10-2-4-11(5-3-10)12-14-6-7-15-12/h2-7H,1,8H2. The Morgan fingerprint density at radius 2 is 2.07 bits per heavy atom. The summed E-state index contributed by atoms with van der Waals surface area (Å²) in [7, 11) is 0. The van der Waals surface area contributed by atoms with Crippen LogP contribution in [0.3, 0.4) is 0 Å². The van der Waals surface area contributed by atoms with Crippen molar-refractivity contribution in [3.8, 4) is 10.6 Å². The van der Waals surface area contributed by atoms with Crippen molar-refractivity contribution in [2.75, 3.05) is 0 Å². The molecule has 0 aliphatic rings. The van der Waals surface area contributed by atoms with Crippen LogP contribution < -0.4 is 0 Å². The molecule has 0 amide bonds. The van der Waals surface area contributed by atoms with Gasteiger partial charge in [-0.1, -0.05) is 30.8 Å². The number of nitrogens with zero attached hydrogens (tertiary/aromatic N) is 1. The molecule has 0 aliphatic heterocycles. The van der Waals surface area contributed by atoms with Crippen molar-refractivity contribution in [2.45, 2.75) is 6.42 Å². The van der Waals surface area contributed by atoms with Crippen LogP contribution in [-0.2, 0) is 6.42 Å². The molecule has 3 heteroatoms. The number of aromatic nitrogens is 1. The zero-order chi connectivity index (χ0) is 10.7. The van der Waals surface area contributed by atoms with Gasteiger partial charge >= 0.3 is 0 Å². The Bertz CT molecular complexity index is 445. The van der Waals surface area contributed by atoms with Crippen molar-refractivity contribution in [2.24, 2.45) is 0 Å². The maximum atomic E-state index is 12.6. The van der Waals surface area contributed by atoms with Gasteiger partial charge in [0.05, 0.1) is 5.83 Å². The predicted molar refractivity (Wildman–Crippen MR) is 61.5 cm³/mol. The topological polar surface area (TPSA) is 12.9 Å². The van der Waals surface area contributed by atoms with E-state index in [1.165, 1.54) is 0 Å². The second kappa shape index (κ2) is 4.36. The normalized spacial score (nSPS) is 10.2. The lowest BCUT2D eigenvalue weighted by Gasteiger charge is -2.00. The highest BCUT2D eigenvalue weighted by Crippen LogP contribution is 2.22. The summed E-state index contributed by atoms with van der Waals surface area (Å²) >= 11 is 1.59. The van der Waals surface area contributed by atoms with Gasteiger partial charge in [-0.25, -0.2) is 9.37 Å². The minimum Gasteiger partial charge on any atom is -0.245 e. The van der Waals surface area contributed by atoms with Gasteiger partial charge in [-0.3, -0.25) is 0 Å². The molecule has 0 N–H and O–H groups in total. The SMILES string of the molecule is C=C(F)Cc1ccc(-c2nccs2)cc1. The van der Waals surface area contributed by atoms with Crippen LogP contribution in [-0.4, -0.2) is 4.98 Å². The van der Waals surface area contributed by atoms with E-state index in [9.17, 15) is 4.39 Å². The summed E-state index contributed by atoms with van der Waals surface area (Å²) in [5, 5.41) is 2.92. The van der Waals surface area contributed by atoms with Gasteiger partial charge in [0, 0.05) is 23.6 Å². The molecule has 0 aliphatic carbocycles. The zero-order valence-electron chi connectivity index (χ0n) is 8.11. The van der Waals surface area contributed by atoms with Gasteiger partial charge < -0.3 is 0 Å². The Balaban J connectivity index is 2.21. The third-order valence-electron chi connectivity index (χ3n) is 2.03. The molecule has 2 rings (SSSR count). The Hall–Kier alpha value is -1.48. The second-order valence-electron chi connectivity index (χ2n) is 3.23. The first-order valence-electron chi connectivity index (χ1n) is 4.58. The lowest BCUT2D eigenvalue weighted by Crippen LogP contribution is -1.84. The Kier molecular flexibility index (Phi) is 2.92. The van der Waals surface area contributed by atoms with Crippen molar-refractivity contribution in [1.82, 2.24) is 4.98 Å². The van der Waals surface area contributed by atoms with Crippen LogP contribution in [0.15, 0.2) is 48.2 Å². The number of rotatable bonds is 3. The van der Waals surface area contributed by atoms with Crippen LogP contribution in [0.1, 0.15) is 5.56 Å². The molecular formula is C12H10FNS. The van der Waals surface area contributed by atoms with E-state index in [2.05, 4.69) is 11.6 Å². The monoisotopic (exact) mass is 219 g/mol. The Morgan fingerprint density at radius 3 is 2.60 bits per heavy atom. The fourth-order valence-electron chi connectivity index (χ4n) is 1.35. The molecule has 1 aromatic heterocycles. The second-order valence-corrected chi connectivity index (χ2v) is 4.12. The fraction of sp³-hybridized carbons (Fsp3) is 0.0833. The van der Waals surface area contributed by atoms with Crippen molar-refractivity contribution < 1.29 is 4.39 Å². The van der Waals surface area contributed by atoms with Gasteiger partial charge in [0.25, 0.3) is 0 Å².